The van der Waals surface area contributed by atoms with Crippen LogP contribution in [0.2, 0.25) is 10.0 Å². The van der Waals surface area contributed by atoms with E-state index in [1.807, 2.05) is 6.92 Å². The molecule has 0 aliphatic carbocycles. The van der Waals surface area contributed by atoms with Crippen LogP contribution in [0.15, 0.2) is 24.3 Å². The molecule has 0 fully saturated rings. The Morgan fingerprint density at radius 2 is 1.79 bits per heavy atom. The molecule has 0 unspecified atom stereocenters. The lowest BCUT2D eigenvalue weighted by molar-refractivity contribution is 0.588. The minimum absolute atomic E-state index is 0.0256. The number of hydrogen-bond donors (Lipinski definition) is 1. The lowest BCUT2D eigenvalue weighted by atomic mass is 10.1. The Kier molecular flexibility index (Phi) is 4.22. The molecule has 0 spiro atoms. The molecule has 6 heteroatoms. The summed E-state index contributed by atoms with van der Waals surface area (Å²) in [7, 11) is 0. The van der Waals surface area contributed by atoms with Gasteiger partial charge in [-0.2, -0.15) is 0 Å². The second-order valence-corrected chi connectivity index (χ2v) is 4.59. The Bertz CT molecular complexity index is 598. The lowest BCUT2D eigenvalue weighted by Gasteiger charge is -2.11. The predicted molar refractivity (Wildman–Crippen MR) is 73.8 cm³/mol. The summed E-state index contributed by atoms with van der Waals surface area (Å²) in [5, 5.41) is 3.30. The van der Waals surface area contributed by atoms with Crippen molar-refractivity contribution < 1.29 is 8.78 Å². The smallest absolute Gasteiger partial charge is 0.145 e. The molecule has 100 valence electrons. The second kappa shape index (κ2) is 5.72. The van der Waals surface area contributed by atoms with Crippen LogP contribution in [0.1, 0.15) is 6.92 Å². The zero-order valence-corrected chi connectivity index (χ0v) is 11.5. The normalized spacial score (nSPS) is 10.6. The van der Waals surface area contributed by atoms with Crippen molar-refractivity contribution in [2.75, 3.05) is 11.9 Å². The first kappa shape index (κ1) is 14.0. The summed E-state index contributed by atoms with van der Waals surface area (Å²) >= 11 is 11.9. The fourth-order valence-electron chi connectivity index (χ4n) is 1.66. The molecule has 1 aromatic heterocycles. The quantitative estimate of drug-likeness (QED) is 0.884. The topological polar surface area (TPSA) is 24.9 Å². The molecule has 2 nitrogen and oxygen atoms in total. The largest absolute Gasteiger partial charge is 0.369 e. The Labute approximate surface area is 119 Å². The van der Waals surface area contributed by atoms with E-state index >= 15 is 0 Å². The minimum Gasteiger partial charge on any atom is -0.369 e. The van der Waals surface area contributed by atoms with E-state index in [4.69, 9.17) is 23.2 Å². The minimum atomic E-state index is -0.723. The van der Waals surface area contributed by atoms with E-state index in [2.05, 4.69) is 10.3 Å². The third kappa shape index (κ3) is 2.80. The van der Waals surface area contributed by atoms with Gasteiger partial charge in [-0.05, 0) is 25.1 Å². The third-order valence-corrected chi connectivity index (χ3v) is 3.05. The predicted octanol–water partition coefficient (Wildman–Crippen LogP) is 4.77. The summed E-state index contributed by atoms with van der Waals surface area (Å²) < 4.78 is 27.5. The van der Waals surface area contributed by atoms with Gasteiger partial charge in [-0.15, -0.1) is 0 Å². The summed E-state index contributed by atoms with van der Waals surface area (Å²) in [6, 6.07) is 4.99. The average Bonchev–Trinajstić information content (AvgIpc) is 2.34. The highest BCUT2D eigenvalue weighted by Gasteiger charge is 2.17. The summed E-state index contributed by atoms with van der Waals surface area (Å²) in [5.41, 5.74) is -0.235. The highest BCUT2D eigenvalue weighted by atomic mass is 35.5. The number of halogens is 4. The van der Waals surface area contributed by atoms with Gasteiger partial charge in [-0.1, -0.05) is 29.3 Å². The van der Waals surface area contributed by atoms with Gasteiger partial charge in [0.15, 0.2) is 0 Å². The number of rotatable bonds is 3. The van der Waals surface area contributed by atoms with E-state index in [9.17, 15) is 8.78 Å². The molecule has 0 aliphatic heterocycles. The molecule has 0 atom stereocenters. The highest BCUT2D eigenvalue weighted by molar-refractivity contribution is 6.37. The van der Waals surface area contributed by atoms with Crippen molar-refractivity contribution >= 4 is 29.0 Å². The van der Waals surface area contributed by atoms with Gasteiger partial charge in [0.2, 0.25) is 0 Å². The van der Waals surface area contributed by atoms with Crippen LogP contribution < -0.4 is 5.32 Å². The van der Waals surface area contributed by atoms with Crippen molar-refractivity contribution in [3.05, 3.63) is 45.9 Å². The van der Waals surface area contributed by atoms with Crippen LogP contribution in [-0.2, 0) is 0 Å². The maximum atomic E-state index is 13.7. The van der Waals surface area contributed by atoms with Crippen molar-refractivity contribution in [2.24, 2.45) is 0 Å². The number of nitrogens with one attached hydrogen (secondary N) is 1. The van der Waals surface area contributed by atoms with E-state index in [1.165, 1.54) is 12.1 Å². The van der Waals surface area contributed by atoms with E-state index in [0.717, 1.165) is 12.1 Å². The monoisotopic (exact) mass is 302 g/mol. The molecule has 2 rings (SSSR count). The number of pyridine rings is 1. The first-order valence-corrected chi connectivity index (χ1v) is 6.34. The molecule has 1 aromatic carbocycles. The number of benzene rings is 1. The van der Waals surface area contributed by atoms with E-state index in [1.54, 1.807) is 0 Å². The van der Waals surface area contributed by atoms with Crippen molar-refractivity contribution in [1.82, 2.24) is 4.98 Å². The molecule has 1 heterocycles. The molecule has 0 bridgehead atoms. The molecule has 0 aliphatic rings. The van der Waals surface area contributed by atoms with E-state index < -0.39 is 11.6 Å². The van der Waals surface area contributed by atoms with Gasteiger partial charge in [-0.3, -0.25) is 0 Å². The number of hydrogen-bond acceptors (Lipinski definition) is 2. The summed E-state index contributed by atoms with van der Waals surface area (Å²) in [5.74, 6) is -1.11. The van der Waals surface area contributed by atoms with Crippen LogP contribution in [-0.4, -0.2) is 11.5 Å². The van der Waals surface area contributed by atoms with Crippen molar-refractivity contribution in [1.29, 1.82) is 0 Å². The van der Waals surface area contributed by atoms with Gasteiger partial charge in [0.25, 0.3) is 0 Å². The Morgan fingerprint density at radius 3 is 2.37 bits per heavy atom. The fraction of sp³-hybridized carbons (Fsp3) is 0.154. The van der Waals surface area contributed by atoms with Crippen LogP contribution in [0.3, 0.4) is 0 Å². The first-order chi connectivity index (χ1) is 9.04. The zero-order valence-electron chi connectivity index (χ0n) is 9.98. The highest BCUT2D eigenvalue weighted by Crippen LogP contribution is 2.34. The summed E-state index contributed by atoms with van der Waals surface area (Å²) in [6.07, 6.45) is 0. The number of aromatic nitrogens is 1. The van der Waals surface area contributed by atoms with Crippen LogP contribution >= 0.6 is 23.2 Å². The summed E-state index contributed by atoms with van der Waals surface area (Å²) in [6.45, 7) is 2.43. The van der Waals surface area contributed by atoms with E-state index in [-0.39, 0.29) is 16.3 Å². The molecule has 1 N–H and O–H groups in total. The van der Waals surface area contributed by atoms with Crippen molar-refractivity contribution in [2.45, 2.75) is 6.92 Å². The van der Waals surface area contributed by atoms with Crippen LogP contribution in [0.5, 0.6) is 0 Å². The Balaban J connectivity index is 2.65. The Hall–Kier alpha value is -1.39. The lowest BCUT2D eigenvalue weighted by Crippen LogP contribution is -2.02. The summed E-state index contributed by atoms with van der Waals surface area (Å²) in [4.78, 5) is 4.10. The standard InChI is InChI=1S/C13H10Cl2F2N2/c1-2-18-13-8(15)6-7(14)12(19-13)11-9(16)4-3-5-10(11)17/h3-6H,2H2,1H3,(H,18,19). The molecular weight excluding hydrogens is 293 g/mol. The maximum Gasteiger partial charge on any atom is 0.145 e. The van der Waals surface area contributed by atoms with Gasteiger partial charge in [0, 0.05) is 6.54 Å². The van der Waals surface area contributed by atoms with Crippen LogP contribution in [0.4, 0.5) is 14.6 Å². The molecule has 0 saturated heterocycles. The second-order valence-electron chi connectivity index (χ2n) is 3.78. The van der Waals surface area contributed by atoms with Crippen molar-refractivity contribution in [3.8, 4) is 11.3 Å². The zero-order chi connectivity index (χ0) is 14.0. The molecule has 2 aromatic rings. The van der Waals surface area contributed by atoms with Gasteiger partial charge in [0.1, 0.15) is 17.5 Å². The maximum absolute atomic E-state index is 13.7. The Morgan fingerprint density at radius 1 is 1.16 bits per heavy atom. The SMILES string of the molecule is CCNc1nc(-c2c(F)cccc2F)c(Cl)cc1Cl. The van der Waals surface area contributed by atoms with E-state index in [0.29, 0.717) is 17.4 Å². The third-order valence-electron chi connectivity index (χ3n) is 2.47. The van der Waals surface area contributed by atoms with Crippen molar-refractivity contribution in [3.63, 3.8) is 0 Å². The average molecular weight is 303 g/mol. The molecule has 0 saturated carbocycles. The van der Waals surface area contributed by atoms with Gasteiger partial charge < -0.3 is 5.32 Å². The number of anilines is 1. The van der Waals surface area contributed by atoms with Gasteiger partial charge >= 0.3 is 0 Å². The first-order valence-electron chi connectivity index (χ1n) is 5.59. The molecule has 0 radical (unpaired) electrons. The van der Waals surface area contributed by atoms with Crippen LogP contribution in [0.25, 0.3) is 11.3 Å². The molecular formula is C13H10Cl2F2N2. The molecule has 0 amide bonds. The fourth-order valence-corrected chi connectivity index (χ4v) is 2.18. The molecule has 19 heavy (non-hydrogen) atoms. The van der Waals surface area contributed by atoms with Gasteiger partial charge in [-0.25, -0.2) is 13.8 Å². The number of nitrogens with zero attached hydrogens (tertiary/aromatic N) is 1. The van der Waals surface area contributed by atoms with Crippen LogP contribution in [0, 0.1) is 11.6 Å². The van der Waals surface area contributed by atoms with Gasteiger partial charge in [0.05, 0.1) is 21.3 Å².